The van der Waals surface area contributed by atoms with Gasteiger partial charge in [0.15, 0.2) is 0 Å². The molecule has 0 aliphatic rings. The second-order valence-corrected chi connectivity index (χ2v) is 6.58. The Morgan fingerprint density at radius 3 is 2.65 bits per heavy atom. The van der Waals surface area contributed by atoms with Crippen molar-refractivity contribution >= 4 is 22.2 Å². The predicted octanol–water partition coefficient (Wildman–Crippen LogP) is 3.94. The van der Waals surface area contributed by atoms with Gasteiger partial charge in [-0.15, -0.1) is 11.3 Å². The number of hydrogen-bond donors (Lipinski definition) is 2. The van der Waals surface area contributed by atoms with Gasteiger partial charge >= 0.3 is 0 Å². The molecule has 0 aliphatic heterocycles. The van der Waals surface area contributed by atoms with E-state index in [2.05, 4.69) is 42.7 Å². The van der Waals surface area contributed by atoms with Crippen molar-refractivity contribution in [3.05, 3.63) is 52.9 Å². The minimum absolute atomic E-state index is 0.0768. The maximum absolute atomic E-state index is 12.0. The molecule has 1 aromatic carbocycles. The van der Waals surface area contributed by atoms with E-state index in [0.717, 1.165) is 0 Å². The Labute approximate surface area is 141 Å². The molecule has 0 radical (unpaired) electrons. The van der Waals surface area contributed by atoms with Crippen LogP contribution in [0.2, 0.25) is 0 Å². The summed E-state index contributed by atoms with van der Waals surface area (Å²) in [5.41, 5.74) is 1.74. The van der Waals surface area contributed by atoms with Crippen LogP contribution in [0.5, 0.6) is 0 Å². The van der Waals surface area contributed by atoms with Crippen LogP contribution in [0, 0.1) is 17.2 Å². The SMILES string of the molecule is CC(C)[C@@H](NCCC(=O)Nc1sccc1C#N)c1ccccc1. The first-order valence-electron chi connectivity index (χ1n) is 7.67. The number of hydrogen-bond acceptors (Lipinski definition) is 4. The van der Waals surface area contributed by atoms with Crippen LogP contribution in [0.15, 0.2) is 41.8 Å². The van der Waals surface area contributed by atoms with Crippen LogP contribution in [0.4, 0.5) is 5.00 Å². The Bertz CT molecular complexity index is 673. The number of benzene rings is 1. The van der Waals surface area contributed by atoms with Crippen molar-refractivity contribution in [1.29, 1.82) is 5.26 Å². The van der Waals surface area contributed by atoms with E-state index in [9.17, 15) is 4.79 Å². The standard InChI is InChI=1S/C18H21N3OS/c1-13(2)17(14-6-4-3-5-7-14)20-10-8-16(22)21-18-15(12-19)9-11-23-18/h3-7,9,11,13,17,20H,8,10H2,1-2H3,(H,21,22)/t17-/m1/s1. The van der Waals surface area contributed by atoms with E-state index in [1.54, 1.807) is 11.4 Å². The average molecular weight is 327 g/mol. The van der Waals surface area contributed by atoms with E-state index in [1.807, 2.05) is 18.2 Å². The predicted molar refractivity (Wildman–Crippen MR) is 94.3 cm³/mol. The zero-order valence-corrected chi connectivity index (χ0v) is 14.2. The Kier molecular flexibility index (Phi) is 6.33. The molecule has 0 bridgehead atoms. The summed E-state index contributed by atoms with van der Waals surface area (Å²) in [4.78, 5) is 12.0. The quantitative estimate of drug-likeness (QED) is 0.809. The first kappa shape index (κ1) is 17.2. The summed E-state index contributed by atoms with van der Waals surface area (Å²) >= 11 is 1.37. The maximum Gasteiger partial charge on any atom is 0.226 e. The van der Waals surface area contributed by atoms with Crippen molar-refractivity contribution in [2.24, 2.45) is 5.92 Å². The number of rotatable bonds is 7. The third-order valence-corrected chi connectivity index (χ3v) is 4.41. The van der Waals surface area contributed by atoms with Gasteiger partial charge in [0.1, 0.15) is 11.1 Å². The molecule has 0 unspecified atom stereocenters. The third kappa shape index (κ3) is 4.92. The van der Waals surface area contributed by atoms with Crippen LogP contribution < -0.4 is 10.6 Å². The highest BCUT2D eigenvalue weighted by molar-refractivity contribution is 7.14. The van der Waals surface area contributed by atoms with E-state index < -0.39 is 0 Å². The van der Waals surface area contributed by atoms with E-state index in [1.165, 1.54) is 16.9 Å². The fraction of sp³-hybridized carbons (Fsp3) is 0.333. The molecule has 2 aromatic rings. The highest BCUT2D eigenvalue weighted by Gasteiger charge is 2.15. The summed E-state index contributed by atoms with van der Waals surface area (Å²) < 4.78 is 0. The van der Waals surface area contributed by atoms with E-state index in [4.69, 9.17) is 5.26 Å². The molecular weight excluding hydrogens is 306 g/mol. The Hall–Kier alpha value is -2.16. The molecule has 5 heteroatoms. The maximum atomic E-state index is 12.0. The van der Waals surface area contributed by atoms with Gasteiger partial charge in [0, 0.05) is 19.0 Å². The molecule has 1 amide bonds. The smallest absolute Gasteiger partial charge is 0.226 e. The normalized spacial score (nSPS) is 11.9. The molecule has 120 valence electrons. The number of thiophene rings is 1. The lowest BCUT2D eigenvalue weighted by Crippen LogP contribution is -2.29. The minimum atomic E-state index is -0.0768. The van der Waals surface area contributed by atoms with E-state index >= 15 is 0 Å². The molecule has 1 atom stereocenters. The van der Waals surface area contributed by atoms with Gasteiger partial charge in [0.25, 0.3) is 0 Å². The second-order valence-electron chi connectivity index (χ2n) is 5.66. The van der Waals surface area contributed by atoms with Crippen molar-refractivity contribution in [3.8, 4) is 6.07 Å². The summed E-state index contributed by atoms with van der Waals surface area (Å²) in [5, 5.41) is 17.6. The highest BCUT2D eigenvalue weighted by Crippen LogP contribution is 2.23. The van der Waals surface area contributed by atoms with Gasteiger partial charge in [-0.05, 0) is 22.9 Å². The molecule has 1 heterocycles. The van der Waals surface area contributed by atoms with Crippen LogP contribution in [0.25, 0.3) is 0 Å². The third-order valence-electron chi connectivity index (χ3n) is 3.58. The van der Waals surface area contributed by atoms with Crippen LogP contribution in [0.3, 0.4) is 0 Å². The lowest BCUT2D eigenvalue weighted by atomic mass is 9.96. The van der Waals surface area contributed by atoms with Gasteiger partial charge in [0.2, 0.25) is 5.91 Å². The minimum Gasteiger partial charge on any atom is -0.317 e. The largest absolute Gasteiger partial charge is 0.317 e. The summed E-state index contributed by atoms with van der Waals surface area (Å²) in [5.74, 6) is 0.356. The zero-order valence-electron chi connectivity index (χ0n) is 13.4. The van der Waals surface area contributed by atoms with Crippen molar-refractivity contribution in [2.45, 2.75) is 26.3 Å². The van der Waals surface area contributed by atoms with Crippen LogP contribution in [-0.4, -0.2) is 12.5 Å². The molecule has 2 N–H and O–H groups in total. The Morgan fingerprint density at radius 1 is 1.26 bits per heavy atom. The van der Waals surface area contributed by atoms with Gasteiger partial charge in [0.05, 0.1) is 5.56 Å². The summed E-state index contributed by atoms with van der Waals surface area (Å²) in [6.07, 6.45) is 0.374. The summed E-state index contributed by atoms with van der Waals surface area (Å²) in [6, 6.07) is 14.3. The van der Waals surface area contributed by atoms with Gasteiger partial charge in [-0.2, -0.15) is 5.26 Å². The van der Waals surface area contributed by atoms with Crippen molar-refractivity contribution in [3.63, 3.8) is 0 Å². The van der Waals surface area contributed by atoms with Crippen LogP contribution >= 0.6 is 11.3 Å². The van der Waals surface area contributed by atoms with Gasteiger partial charge in [-0.3, -0.25) is 4.79 Å². The summed E-state index contributed by atoms with van der Waals surface area (Å²) in [7, 11) is 0. The number of carbonyl (C=O) groups is 1. The zero-order chi connectivity index (χ0) is 16.7. The van der Waals surface area contributed by atoms with E-state index in [0.29, 0.717) is 29.4 Å². The lowest BCUT2D eigenvalue weighted by molar-refractivity contribution is -0.116. The average Bonchev–Trinajstić information content (AvgIpc) is 2.99. The number of anilines is 1. The van der Waals surface area contributed by atoms with Gasteiger partial charge in [-0.1, -0.05) is 44.2 Å². The van der Waals surface area contributed by atoms with Crippen molar-refractivity contribution < 1.29 is 4.79 Å². The number of nitrogens with one attached hydrogen (secondary N) is 2. The van der Waals surface area contributed by atoms with Crippen molar-refractivity contribution in [1.82, 2.24) is 5.32 Å². The first-order valence-corrected chi connectivity index (χ1v) is 8.55. The second kappa shape index (κ2) is 8.47. The van der Waals surface area contributed by atoms with E-state index in [-0.39, 0.29) is 11.9 Å². The van der Waals surface area contributed by atoms with Crippen LogP contribution in [0.1, 0.15) is 37.4 Å². The number of nitrogens with zero attached hydrogens (tertiary/aromatic N) is 1. The van der Waals surface area contributed by atoms with Gasteiger partial charge < -0.3 is 10.6 Å². The topological polar surface area (TPSA) is 64.9 Å². The fourth-order valence-corrected chi connectivity index (χ4v) is 3.18. The number of amides is 1. The monoisotopic (exact) mass is 327 g/mol. The summed E-state index contributed by atoms with van der Waals surface area (Å²) in [6.45, 7) is 4.92. The Balaban J connectivity index is 1.85. The first-order chi connectivity index (χ1) is 11.1. The molecule has 23 heavy (non-hydrogen) atoms. The number of nitriles is 1. The molecule has 0 saturated heterocycles. The Morgan fingerprint density at radius 2 is 2.00 bits per heavy atom. The number of carbonyl (C=O) groups excluding carboxylic acids is 1. The molecule has 2 rings (SSSR count). The molecule has 0 fully saturated rings. The van der Waals surface area contributed by atoms with Gasteiger partial charge in [-0.25, -0.2) is 0 Å². The molecule has 0 spiro atoms. The lowest BCUT2D eigenvalue weighted by Gasteiger charge is -2.23. The molecule has 4 nitrogen and oxygen atoms in total. The fourth-order valence-electron chi connectivity index (χ4n) is 2.42. The van der Waals surface area contributed by atoms with Crippen molar-refractivity contribution in [2.75, 3.05) is 11.9 Å². The molecular formula is C18H21N3OS. The molecule has 0 aliphatic carbocycles. The van der Waals surface area contributed by atoms with Crippen LogP contribution in [-0.2, 0) is 4.79 Å². The molecule has 0 saturated carbocycles. The highest BCUT2D eigenvalue weighted by atomic mass is 32.1. The molecule has 1 aromatic heterocycles.